The lowest BCUT2D eigenvalue weighted by Gasteiger charge is -2.07. The highest BCUT2D eigenvalue weighted by molar-refractivity contribution is 9.11. The largest absolute Gasteiger partial charge is 0.339 e. The van der Waals surface area contributed by atoms with Crippen LogP contribution >= 0.6 is 66.1 Å². The molecule has 4 aromatic heterocycles. The number of nitrogens with one attached hydrogen (secondary N) is 1. The maximum absolute atomic E-state index is 12.7. The maximum Gasteiger partial charge on any atom is 0.263 e. The number of halogens is 5. The Morgan fingerprint density at radius 3 is 2.19 bits per heavy atom. The third kappa shape index (κ3) is 5.35. The second kappa shape index (κ2) is 9.78. The van der Waals surface area contributed by atoms with E-state index in [1.165, 1.54) is 47.5 Å². The monoisotopic (exact) mass is 603 g/mol. The van der Waals surface area contributed by atoms with Crippen LogP contribution in [0.3, 0.4) is 0 Å². The first-order chi connectivity index (χ1) is 14.9. The van der Waals surface area contributed by atoms with Crippen LogP contribution in [0.2, 0.25) is 5.15 Å². The van der Waals surface area contributed by atoms with Gasteiger partial charge in [-0.2, -0.15) is 0 Å². The molecule has 0 bridgehead atoms. The number of anilines is 2. The van der Waals surface area contributed by atoms with E-state index in [2.05, 4.69) is 57.1 Å². The van der Waals surface area contributed by atoms with Crippen LogP contribution in [0.15, 0.2) is 56.6 Å². The van der Waals surface area contributed by atoms with Crippen molar-refractivity contribution in [2.45, 2.75) is 6.43 Å². The van der Waals surface area contributed by atoms with E-state index in [9.17, 15) is 8.78 Å². The number of hydrogen-bond donors (Lipinski definition) is 1. The quantitative estimate of drug-likeness (QED) is 0.210. The van der Waals surface area contributed by atoms with E-state index in [1.807, 2.05) is 12.1 Å². The molecular weight excluding hydrogens is 596 g/mol. The number of thiophene rings is 2. The molecule has 158 valence electrons. The van der Waals surface area contributed by atoms with E-state index in [-0.39, 0.29) is 5.56 Å². The van der Waals surface area contributed by atoms with Crippen molar-refractivity contribution < 1.29 is 8.78 Å². The van der Waals surface area contributed by atoms with Crippen LogP contribution in [-0.2, 0) is 0 Å². The van der Waals surface area contributed by atoms with Crippen LogP contribution in [0.25, 0.3) is 20.4 Å². The molecule has 0 spiro atoms. The fourth-order valence-corrected chi connectivity index (χ4v) is 5.76. The molecule has 0 unspecified atom stereocenters. The van der Waals surface area contributed by atoms with Gasteiger partial charge in [0.2, 0.25) is 0 Å². The maximum atomic E-state index is 12.7. The summed E-state index contributed by atoms with van der Waals surface area (Å²) in [5.74, 6) is 0.608. The van der Waals surface area contributed by atoms with Crippen LogP contribution in [0.5, 0.6) is 0 Å². The molecule has 4 heterocycles. The Hall–Kier alpha value is -1.79. The van der Waals surface area contributed by atoms with Gasteiger partial charge in [0.15, 0.2) is 5.82 Å². The van der Waals surface area contributed by atoms with Gasteiger partial charge in [0.25, 0.3) is 6.43 Å². The Bertz CT molecular complexity index is 1360. The SMILES string of the molecule is Clc1ncnc2cc(Br)sc12.FC(F)c1cccc(Nc2ncnc3cc(Br)sc23)c1. The highest BCUT2D eigenvalue weighted by Crippen LogP contribution is 2.34. The first kappa shape index (κ1) is 22.4. The summed E-state index contributed by atoms with van der Waals surface area (Å²) in [6.45, 7) is 0. The first-order valence-corrected chi connectivity index (χ1v) is 12.1. The minimum atomic E-state index is -2.49. The van der Waals surface area contributed by atoms with E-state index < -0.39 is 6.43 Å². The third-order valence-corrected chi connectivity index (χ3v) is 7.59. The molecule has 0 aliphatic heterocycles. The van der Waals surface area contributed by atoms with Crippen LogP contribution in [0.4, 0.5) is 20.3 Å². The third-order valence-electron chi connectivity index (χ3n) is 3.92. The smallest absolute Gasteiger partial charge is 0.263 e. The second-order valence-corrected chi connectivity index (χ2v) is 11.2. The van der Waals surface area contributed by atoms with Gasteiger partial charge in [-0.05, 0) is 56.1 Å². The molecule has 12 heteroatoms. The summed E-state index contributed by atoms with van der Waals surface area (Å²) in [6, 6.07) is 9.94. The molecule has 0 aliphatic carbocycles. The van der Waals surface area contributed by atoms with Gasteiger partial charge in [-0.1, -0.05) is 23.7 Å². The summed E-state index contributed by atoms with van der Waals surface area (Å²) in [5.41, 5.74) is 2.26. The van der Waals surface area contributed by atoms with Gasteiger partial charge in [0, 0.05) is 11.3 Å². The zero-order valence-corrected chi connectivity index (χ0v) is 20.8. The average molecular weight is 606 g/mol. The molecule has 0 saturated carbocycles. The average Bonchev–Trinajstić information content (AvgIpc) is 3.31. The van der Waals surface area contributed by atoms with E-state index in [4.69, 9.17) is 11.6 Å². The summed E-state index contributed by atoms with van der Waals surface area (Å²) in [6.07, 6.45) is 0.419. The molecule has 5 rings (SSSR count). The van der Waals surface area contributed by atoms with Gasteiger partial charge in [-0.25, -0.2) is 28.7 Å². The van der Waals surface area contributed by atoms with E-state index >= 15 is 0 Å². The molecule has 31 heavy (non-hydrogen) atoms. The Labute approximate surface area is 204 Å². The van der Waals surface area contributed by atoms with Gasteiger partial charge >= 0.3 is 0 Å². The standard InChI is InChI=1S/C13H8BrF2N3S.C6H2BrClN2S/c14-10-5-9-11(20-10)13(18-6-17-9)19-8-3-1-2-7(4-8)12(15)16;7-4-1-3-5(11-4)6(8)10-2-9-3/h1-6,12H,(H,17,18,19);1-2H. The molecule has 0 atom stereocenters. The predicted octanol–water partition coefficient (Wildman–Crippen LogP) is 8.24. The summed E-state index contributed by atoms with van der Waals surface area (Å²) in [7, 11) is 0. The van der Waals surface area contributed by atoms with Gasteiger partial charge in [-0.3, -0.25) is 0 Å². The summed E-state index contributed by atoms with van der Waals surface area (Å²) < 4.78 is 29.1. The topological polar surface area (TPSA) is 63.6 Å². The number of benzene rings is 1. The predicted molar refractivity (Wildman–Crippen MR) is 130 cm³/mol. The van der Waals surface area contributed by atoms with Crippen LogP contribution < -0.4 is 5.32 Å². The minimum absolute atomic E-state index is 0.0207. The van der Waals surface area contributed by atoms with Crippen LogP contribution in [0.1, 0.15) is 12.0 Å². The highest BCUT2D eigenvalue weighted by atomic mass is 79.9. The molecule has 1 N–H and O–H groups in total. The fourth-order valence-electron chi connectivity index (χ4n) is 2.60. The van der Waals surface area contributed by atoms with Crippen molar-refractivity contribution in [2.75, 3.05) is 5.32 Å². The molecule has 5 nitrogen and oxygen atoms in total. The number of alkyl halides is 2. The molecule has 0 amide bonds. The number of rotatable bonds is 3. The van der Waals surface area contributed by atoms with E-state index in [0.29, 0.717) is 16.7 Å². The molecule has 0 aliphatic rings. The molecule has 0 saturated heterocycles. The van der Waals surface area contributed by atoms with Gasteiger partial charge in [-0.15, -0.1) is 22.7 Å². The van der Waals surface area contributed by atoms with Crippen LogP contribution in [-0.4, -0.2) is 19.9 Å². The van der Waals surface area contributed by atoms with Crippen LogP contribution in [0, 0.1) is 0 Å². The second-order valence-electron chi connectivity index (χ2n) is 5.97. The molecule has 0 radical (unpaired) electrons. The first-order valence-electron chi connectivity index (χ1n) is 8.51. The zero-order valence-electron chi connectivity index (χ0n) is 15.2. The zero-order chi connectivity index (χ0) is 22.0. The van der Waals surface area contributed by atoms with Crippen molar-refractivity contribution in [3.8, 4) is 0 Å². The van der Waals surface area contributed by atoms with Gasteiger partial charge < -0.3 is 5.32 Å². The Kier molecular flexibility index (Phi) is 7.07. The van der Waals surface area contributed by atoms with E-state index in [1.54, 1.807) is 12.1 Å². The van der Waals surface area contributed by atoms with Crippen molar-refractivity contribution in [1.82, 2.24) is 19.9 Å². The van der Waals surface area contributed by atoms with Crippen molar-refractivity contribution in [1.29, 1.82) is 0 Å². The van der Waals surface area contributed by atoms with Crippen molar-refractivity contribution in [2.24, 2.45) is 0 Å². The number of hydrogen-bond acceptors (Lipinski definition) is 7. The molecular formula is C19H10Br2ClF2N5S2. The number of fused-ring (bicyclic) bond motifs is 2. The van der Waals surface area contributed by atoms with Crippen molar-refractivity contribution in [3.05, 3.63) is 67.3 Å². The lowest BCUT2D eigenvalue weighted by atomic mass is 10.2. The molecule has 1 aromatic carbocycles. The Morgan fingerprint density at radius 1 is 0.871 bits per heavy atom. The summed E-state index contributed by atoms with van der Waals surface area (Å²) in [5, 5.41) is 3.58. The van der Waals surface area contributed by atoms with Crippen molar-refractivity contribution >= 4 is 98.1 Å². The Morgan fingerprint density at radius 2 is 1.52 bits per heavy atom. The highest BCUT2D eigenvalue weighted by Gasteiger charge is 2.10. The summed E-state index contributed by atoms with van der Waals surface area (Å²) in [4.78, 5) is 16.2. The Balaban J connectivity index is 0.000000177. The van der Waals surface area contributed by atoms with Gasteiger partial charge in [0.05, 0.1) is 28.0 Å². The number of aromatic nitrogens is 4. The fraction of sp³-hybridized carbons (Fsp3) is 0.0526. The summed E-state index contributed by atoms with van der Waals surface area (Å²) >= 11 is 15.6. The minimum Gasteiger partial charge on any atom is -0.339 e. The molecule has 0 fully saturated rings. The lowest BCUT2D eigenvalue weighted by molar-refractivity contribution is 0.151. The normalized spacial score (nSPS) is 11.0. The molecule has 5 aromatic rings. The van der Waals surface area contributed by atoms with Gasteiger partial charge in [0.1, 0.15) is 17.8 Å². The lowest BCUT2D eigenvalue weighted by Crippen LogP contribution is -1.95. The van der Waals surface area contributed by atoms with Crippen molar-refractivity contribution in [3.63, 3.8) is 0 Å². The number of nitrogens with zero attached hydrogens (tertiary/aromatic N) is 4. The van der Waals surface area contributed by atoms with E-state index in [0.717, 1.165) is 28.0 Å².